The first kappa shape index (κ1) is 8.97. The molecule has 1 aliphatic heterocycles. The highest BCUT2D eigenvalue weighted by atomic mass is 16.4. The molecule has 1 aliphatic rings. The van der Waals surface area contributed by atoms with Crippen molar-refractivity contribution in [2.45, 2.75) is 5.92 Å². The molecule has 0 fully saturated rings. The van der Waals surface area contributed by atoms with Gasteiger partial charge in [0.2, 0.25) is 0 Å². The fourth-order valence-corrected chi connectivity index (χ4v) is 1.79. The van der Waals surface area contributed by atoms with Crippen LogP contribution in [0, 0.1) is 0 Å². The Balaban J connectivity index is 2.29. The number of nitrogens with two attached hydrogens (primary N) is 1. The SMILES string of the molecule is O=C([O-])C1=C[NH2+]CC1c1ccccc1. The first-order chi connectivity index (χ1) is 6.79. The van der Waals surface area contributed by atoms with Crippen LogP contribution < -0.4 is 10.4 Å². The Labute approximate surface area is 82.1 Å². The molecule has 0 saturated heterocycles. The molecule has 1 heterocycles. The number of benzene rings is 1. The topological polar surface area (TPSA) is 56.7 Å². The van der Waals surface area contributed by atoms with Crippen molar-refractivity contribution >= 4 is 5.97 Å². The van der Waals surface area contributed by atoms with E-state index in [4.69, 9.17) is 0 Å². The molecular weight excluding hydrogens is 178 g/mol. The summed E-state index contributed by atoms with van der Waals surface area (Å²) in [5, 5.41) is 12.7. The molecule has 1 aromatic carbocycles. The van der Waals surface area contributed by atoms with Gasteiger partial charge in [-0.15, -0.1) is 0 Å². The number of carboxylic acids is 1. The zero-order valence-corrected chi connectivity index (χ0v) is 7.64. The van der Waals surface area contributed by atoms with Crippen LogP contribution in [0.25, 0.3) is 0 Å². The summed E-state index contributed by atoms with van der Waals surface area (Å²) in [6.45, 7) is 0.757. The maximum atomic E-state index is 10.8. The highest BCUT2D eigenvalue weighted by Crippen LogP contribution is 2.23. The van der Waals surface area contributed by atoms with Gasteiger partial charge in [-0.1, -0.05) is 30.3 Å². The molecule has 2 rings (SSSR count). The summed E-state index contributed by atoms with van der Waals surface area (Å²) in [4.78, 5) is 10.8. The van der Waals surface area contributed by atoms with Gasteiger partial charge in [0.05, 0.1) is 24.6 Å². The van der Waals surface area contributed by atoms with Crippen LogP contribution in [0.3, 0.4) is 0 Å². The minimum absolute atomic E-state index is 0.0267. The molecule has 3 nitrogen and oxygen atoms in total. The summed E-state index contributed by atoms with van der Waals surface area (Å²) >= 11 is 0. The highest BCUT2D eigenvalue weighted by molar-refractivity contribution is 5.86. The fourth-order valence-electron chi connectivity index (χ4n) is 1.79. The van der Waals surface area contributed by atoms with Crippen molar-refractivity contribution in [1.29, 1.82) is 0 Å². The number of aliphatic carboxylic acids is 1. The van der Waals surface area contributed by atoms with Crippen LogP contribution in [-0.2, 0) is 4.79 Å². The molecule has 14 heavy (non-hydrogen) atoms. The Kier molecular flexibility index (Phi) is 2.33. The Hall–Kier alpha value is -1.61. The summed E-state index contributed by atoms with van der Waals surface area (Å²) in [6, 6.07) is 9.65. The summed E-state index contributed by atoms with van der Waals surface area (Å²) in [5.41, 5.74) is 1.42. The standard InChI is InChI=1S/C11H11NO2/c13-11(14)10-7-12-6-9(10)8-4-2-1-3-5-8/h1-5,7,9,12H,6H2,(H,13,14). The average molecular weight is 189 g/mol. The minimum atomic E-state index is -1.06. The molecule has 0 amide bonds. The zero-order valence-electron chi connectivity index (χ0n) is 7.64. The predicted octanol–water partition coefficient (Wildman–Crippen LogP) is -1.02. The fraction of sp³-hybridized carbons (Fsp3) is 0.182. The van der Waals surface area contributed by atoms with Gasteiger partial charge < -0.3 is 15.2 Å². The average Bonchev–Trinajstić information content (AvgIpc) is 2.67. The van der Waals surface area contributed by atoms with Gasteiger partial charge in [-0.05, 0) is 5.56 Å². The molecule has 0 radical (unpaired) electrons. The Bertz CT molecular complexity index is 370. The van der Waals surface area contributed by atoms with Gasteiger partial charge in [0.15, 0.2) is 0 Å². The third-order valence-electron chi connectivity index (χ3n) is 2.48. The smallest absolute Gasteiger partial charge is 0.0985 e. The van der Waals surface area contributed by atoms with E-state index in [1.807, 2.05) is 35.6 Å². The molecule has 1 atom stereocenters. The molecule has 0 aliphatic carbocycles. The third-order valence-corrected chi connectivity index (χ3v) is 2.48. The van der Waals surface area contributed by atoms with Crippen molar-refractivity contribution in [3.05, 3.63) is 47.7 Å². The van der Waals surface area contributed by atoms with E-state index in [1.54, 1.807) is 6.20 Å². The quantitative estimate of drug-likeness (QED) is 0.647. The number of hydrogen-bond donors (Lipinski definition) is 1. The molecule has 0 aromatic heterocycles. The molecular formula is C11H11NO2. The number of carboxylic acid groups (broad SMARTS) is 1. The van der Waals surface area contributed by atoms with Crippen LogP contribution in [0.4, 0.5) is 0 Å². The van der Waals surface area contributed by atoms with Crippen molar-refractivity contribution in [3.63, 3.8) is 0 Å². The molecule has 2 N–H and O–H groups in total. The maximum absolute atomic E-state index is 10.8. The van der Waals surface area contributed by atoms with E-state index in [0.717, 1.165) is 12.1 Å². The van der Waals surface area contributed by atoms with Gasteiger partial charge in [0, 0.05) is 5.57 Å². The lowest BCUT2D eigenvalue weighted by Gasteiger charge is -2.12. The molecule has 72 valence electrons. The molecule has 0 spiro atoms. The Morgan fingerprint density at radius 1 is 1.36 bits per heavy atom. The van der Waals surface area contributed by atoms with Crippen LogP contribution in [0.5, 0.6) is 0 Å². The second kappa shape index (κ2) is 3.64. The summed E-state index contributed by atoms with van der Waals surface area (Å²) < 4.78 is 0. The Morgan fingerprint density at radius 3 is 2.71 bits per heavy atom. The Morgan fingerprint density at radius 2 is 2.07 bits per heavy atom. The normalized spacial score (nSPS) is 20.6. The van der Waals surface area contributed by atoms with Crippen molar-refractivity contribution in [2.24, 2.45) is 0 Å². The zero-order chi connectivity index (χ0) is 9.97. The van der Waals surface area contributed by atoms with Crippen LogP contribution in [0.1, 0.15) is 11.5 Å². The van der Waals surface area contributed by atoms with Gasteiger partial charge >= 0.3 is 0 Å². The summed E-state index contributed by atoms with van der Waals surface area (Å²) in [5.74, 6) is -1.09. The van der Waals surface area contributed by atoms with Crippen LogP contribution in [0.15, 0.2) is 42.1 Å². The van der Waals surface area contributed by atoms with Gasteiger partial charge in [-0.3, -0.25) is 0 Å². The van der Waals surface area contributed by atoms with Gasteiger partial charge in [0.25, 0.3) is 0 Å². The maximum Gasteiger partial charge on any atom is 0.0985 e. The van der Waals surface area contributed by atoms with E-state index in [-0.39, 0.29) is 5.92 Å². The van der Waals surface area contributed by atoms with Crippen molar-refractivity contribution in [2.75, 3.05) is 6.54 Å². The molecule has 3 heteroatoms. The van der Waals surface area contributed by atoms with E-state index in [2.05, 4.69) is 0 Å². The number of hydrogen-bond acceptors (Lipinski definition) is 2. The van der Waals surface area contributed by atoms with E-state index >= 15 is 0 Å². The first-order valence-corrected chi connectivity index (χ1v) is 4.58. The van der Waals surface area contributed by atoms with E-state index < -0.39 is 5.97 Å². The number of rotatable bonds is 2. The summed E-state index contributed by atoms with van der Waals surface area (Å²) in [7, 11) is 0. The second-order valence-corrected chi connectivity index (χ2v) is 3.34. The lowest BCUT2D eigenvalue weighted by molar-refractivity contribution is -0.580. The van der Waals surface area contributed by atoms with Crippen LogP contribution in [0.2, 0.25) is 0 Å². The van der Waals surface area contributed by atoms with Gasteiger partial charge in [-0.25, -0.2) is 0 Å². The first-order valence-electron chi connectivity index (χ1n) is 4.58. The molecule has 1 unspecified atom stereocenters. The van der Waals surface area contributed by atoms with Crippen molar-refractivity contribution < 1.29 is 15.2 Å². The number of quaternary nitrogens is 1. The van der Waals surface area contributed by atoms with Crippen molar-refractivity contribution in [1.82, 2.24) is 0 Å². The lowest BCUT2D eigenvalue weighted by atomic mass is 9.94. The minimum Gasteiger partial charge on any atom is -0.545 e. The van der Waals surface area contributed by atoms with E-state index in [0.29, 0.717) is 5.57 Å². The number of carbonyl (C=O) groups excluding carboxylic acids is 1. The predicted molar refractivity (Wildman–Crippen MR) is 49.1 cm³/mol. The van der Waals surface area contributed by atoms with Crippen LogP contribution in [-0.4, -0.2) is 12.5 Å². The lowest BCUT2D eigenvalue weighted by Crippen LogP contribution is -2.76. The van der Waals surface area contributed by atoms with Crippen LogP contribution >= 0.6 is 0 Å². The van der Waals surface area contributed by atoms with E-state index in [1.165, 1.54) is 0 Å². The van der Waals surface area contributed by atoms with E-state index in [9.17, 15) is 9.90 Å². The summed E-state index contributed by atoms with van der Waals surface area (Å²) in [6.07, 6.45) is 1.65. The molecule has 0 saturated carbocycles. The third kappa shape index (κ3) is 1.54. The monoisotopic (exact) mass is 189 g/mol. The van der Waals surface area contributed by atoms with Gasteiger partial charge in [-0.2, -0.15) is 0 Å². The van der Waals surface area contributed by atoms with Crippen molar-refractivity contribution in [3.8, 4) is 0 Å². The largest absolute Gasteiger partial charge is 0.545 e. The molecule has 1 aromatic rings. The molecule has 0 bridgehead atoms. The number of carbonyl (C=O) groups is 1. The highest BCUT2D eigenvalue weighted by Gasteiger charge is 2.24. The second-order valence-electron chi connectivity index (χ2n) is 3.34. The van der Waals surface area contributed by atoms with Gasteiger partial charge in [0.1, 0.15) is 0 Å².